The zero-order valence-electron chi connectivity index (χ0n) is 18.6. The fourth-order valence-corrected chi connectivity index (χ4v) is 20.6. The Bertz CT molecular complexity index is 374. The zero-order valence-corrected chi connectivity index (χ0v) is 19.8. The molecule has 1 aliphatic rings. The number of rotatable bonds is 1. The molecule has 0 atom stereocenters. The number of hydrogen-bond acceptors (Lipinski definition) is 1. The standard InChI is InChI=1S/C9H18N.3C4H9.Al/c1-8(2)6-5-7-9(3,4)10-8;3*1-4(2)3;/h5-7H2,1-4H3;3*1-3H3;/q-1;;;;. The van der Waals surface area contributed by atoms with E-state index in [0.717, 1.165) is 0 Å². The molecule has 0 N–H and O–H groups in total. The molecule has 1 rings (SSSR count). The Morgan fingerprint density at radius 2 is 0.870 bits per heavy atom. The van der Waals surface area contributed by atoms with Gasteiger partial charge < -0.3 is 3.88 Å². The number of nitrogens with zero attached hydrogens (tertiary/aromatic N) is 1. The van der Waals surface area contributed by atoms with Crippen molar-refractivity contribution in [3.8, 4) is 0 Å². The quantitative estimate of drug-likeness (QED) is 0.451. The lowest BCUT2D eigenvalue weighted by Crippen LogP contribution is -2.79. The van der Waals surface area contributed by atoms with Crippen molar-refractivity contribution in [3.63, 3.8) is 0 Å². The third-order valence-corrected chi connectivity index (χ3v) is 16.7. The maximum Gasteiger partial charge on any atom is 0.242 e. The summed E-state index contributed by atoms with van der Waals surface area (Å²) in [7, 11) is 0. The third kappa shape index (κ3) is 3.30. The van der Waals surface area contributed by atoms with Crippen molar-refractivity contribution in [2.75, 3.05) is 0 Å². The van der Waals surface area contributed by atoms with E-state index in [4.69, 9.17) is 0 Å². The highest BCUT2D eigenvalue weighted by Crippen LogP contribution is 2.67. The van der Waals surface area contributed by atoms with Gasteiger partial charge in [0.05, 0.1) is 0 Å². The summed E-state index contributed by atoms with van der Waals surface area (Å²) in [4.78, 5) is 0. The second-order valence-corrected chi connectivity index (χ2v) is 20.1. The normalized spacial score (nSPS) is 23.9. The highest BCUT2D eigenvalue weighted by atomic mass is 27.3. The molecule has 1 heterocycles. The highest BCUT2D eigenvalue weighted by molar-refractivity contribution is 6.85. The highest BCUT2D eigenvalue weighted by Gasteiger charge is 2.64. The molecule has 1 aliphatic heterocycles. The molecule has 0 spiro atoms. The van der Waals surface area contributed by atoms with Gasteiger partial charge in [-0.15, -0.1) is 0 Å². The Labute approximate surface area is 150 Å². The second kappa shape index (κ2) is 5.75. The van der Waals surface area contributed by atoms with E-state index < -0.39 is 13.3 Å². The van der Waals surface area contributed by atoms with Crippen LogP contribution in [0.1, 0.15) is 109 Å². The van der Waals surface area contributed by atoms with E-state index in [1.54, 1.807) is 0 Å². The van der Waals surface area contributed by atoms with Gasteiger partial charge in [-0.2, -0.15) is 12.8 Å². The summed E-state index contributed by atoms with van der Waals surface area (Å²) in [5.41, 5.74) is 0.584. The fraction of sp³-hybridized carbons (Fsp3) is 1.00. The summed E-state index contributed by atoms with van der Waals surface area (Å²) < 4.78 is 4.15. The first kappa shape index (κ1) is 21.5. The minimum absolute atomic E-state index is 0.292. The van der Waals surface area contributed by atoms with Crippen molar-refractivity contribution in [2.24, 2.45) is 0 Å². The summed E-state index contributed by atoms with van der Waals surface area (Å²) in [6.07, 6.45) is 4.03. The first-order chi connectivity index (χ1) is 9.82. The SMILES string of the molecule is CC1(C)CCCC(C)(C)[N]1[Al-]([C](C)(C)C)([C](C)(C)C)[C](C)(C)C. The maximum atomic E-state index is 3.12. The van der Waals surface area contributed by atoms with Crippen LogP contribution in [-0.2, 0) is 0 Å². The molecule has 1 nitrogen and oxygen atoms in total. The molecule has 0 aliphatic carbocycles. The summed E-state index contributed by atoms with van der Waals surface area (Å²) in [5.74, 6) is 0. The van der Waals surface area contributed by atoms with Gasteiger partial charge in [0, 0.05) is 0 Å². The molecule has 0 aromatic carbocycles. The molecule has 138 valence electrons. The van der Waals surface area contributed by atoms with Crippen LogP contribution < -0.4 is 0 Å². The largest absolute Gasteiger partial charge is 0.503 e. The van der Waals surface area contributed by atoms with Crippen LogP contribution in [0.5, 0.6) is 0 Å². The van der Waals surface area contributed by atoms with Crippen molar-refractivity contribution in [1.82, 2.24) is 3.88 Å². The first-order valence-electron chi connectivity index (χ1n) is 9.78. The molecule has 1 fully saturated rings. The number of piperidine rings is 1. The van der Waals surface area contributed by atoms with E-state index in [-0.39, 0.29) is 0 Å². The molecule has 0 aromatic heterocycles. The Kier molecular flexibility index (Phi) is 5.39. The van der Waals surface area contributed by atoms with Crippen LogP contribution in [-0.4, -0.2) is 28.3 Å². The predicted octanol–water partition coefficient (Wildman–Crippen LogP) is 7.38. The lowest BCUT2D eigenvalue weighted by atomic mass is 9.83. The van der Waals surface area contributed by atoms with Gasteiger partial charge >= 0.3 is 0 Å². The molecule has 0 aromatic rings. The summed E-state index contributed by atoms with van der Waals surface area (Å²) in [5, 5.41) is 0. The lowest BCUT2D eigenvalue weighted by Gasteiger charge is -2.78. The van der Waals surface area contributed by atoms with Crippen molar-refractivity contribution >= 4 is 13.3 Å². The van der Waals surface area contributed by atoms with Crippen molar-refractivity contribution in [3.05, 3.63) is 0 Å². The van der Waals surface area contributed by atoms with Crippen LogP contribution in [0.15, 0.2) is 0 Å². The predicted molar refractivity (Wildman–Crippen MR) is 109 cm³/mol. The van der Waals surface area contributed by atoms with E-state index in [1.807, 2.05) is 0 Å². The molecule has 0 amide bonds. The van der Waals surface area contributed by atoms with Gasteiger partial charge in [0.1, 0.15) is 0 Å². The molecule has 0 bridgehead atoms. The Morgan fingerprint density at radius 3 is 1.09 bits per heavy atom. The summed E-state index contributed by atoms with van der Waals surface area (Å²) >= 11 is -2.34. The first-order valence-corrected chi connectivity index (χ1v) is 12.0. The lowest BCUT2D eigenvalue weighted by molar-refractivity contribution is 0.0277. The molecular formula is C21H45AlN-. The van der Waals surface area contributed by atoms with Gasteiger partial charge in [-0.1, -0.05) is 96.4 Å². The van der Waals surface area contributed by atoms with E-state index >= 15 is 0 Å². The van der Waals surface area contributed by atoms with Crippen LogP contribution >= 0.6 is 0 Å². The van der Waals surface area contributed by atoms with Gasteiger partial charge in [-0.25, -0.2) is 0 Å². The topological polar surface area (TPSA) is 3.24 Å². The van der Waals surface area contributed by atoms with Crippen LogP contribution in [0, 0.1) is 0 Å². The minimum atomic E-state index is -2.34. The van der Waals surface area contributed by atoms with E-state index in [2.05, 4.69) is 93.9 Å². The molecule has 1 saturated heterocycles. The van der Waals surface area contributed by atoms with Gasteiger partial charge in [-0.3, -0.25) is 0 Å². The fourth-order valence-electron chi connectivity index (χ4n) is 8.12. The molecule has 0 unspecified atom stereocenters. The van der Waals surface area contributed by atoms with Gasteiger partial charge in [0.15, 0.2) is 0 Å². The second-order valence-electron chi connectivity index (χ2n) is 12.8. The third-order valence-electron chi connectivity index (χ3n) is 7.03. The van der Waals surface area contributed by atoms with E-state index in [0.29, 0.717) is 23.9 Å². The van der Waals surface area contributed by atoms with Crippen LogP contribution in [0.25, 0.3) is 0 Å². The average molecular weight is 339 g/mol. The van der Waals surface area contributed by atoms with E-state index in [9.17, 15) is 0 Å². The monoisotopic (exact) mass is 338 g/mol. The van der Waals surface area contributed by atoms with Gasteiger partial charge in [0.2, 0.25) is 13.3 Å². The summed E-state index contributed by atoms with van der Waals surface area (Å²) in [6.45, 7) is 32.9. The van der Waals surface area contributed by atoms with Crippen LogP contribution in [0.4, 0.5) is 0 Å². The zero-order chi connectivity index (χ0) is 18.7. The molecule has 23 heavy (non-hydrogen) atoms. The van der Waals surface area contributed by atoms with Gasteiger partial charge in [-0.05, 0) is 23.9 Å². The Balaban J connectivity index is 3.89. The minimum Gasteiger partial charge on any atom is -0.503 e. The smallest absolute Gasteiger partial charge is 0.242 e. The van der Waals surface area contributed by atoms with Gasteiger partial charge in [0.25, 0.3) is 0 Å². The maximum absolute atomic E-state index is 3.12. The molecule has 0 radical (unpaired) electrons. The van der Waals surface area contributed by atoms with Crippen LogP contribution in [0.3, 0.4) is 0 Å². The van der Waals surface area contributed by atoms with Crippen molar-refractivity contribution in [2.45, 2.75) is 133 Å². The molecule has 0 saturated carbocycles. The van der Waals surface area contributed by atoms with Crippen molar-refractivity contribution in [1.29, 1.82) is 0 Å². The van der Waals surface area contributed by atoms with E-state index in [1.165, 1.54) is 19.3 Å². The van der Waals surface area contributed by atoms with Crippen LogP contribution in [0.2, 0.25) is 12.8 Å². The number of hydrogen-bond donors (Lipinski definition) is 0. The van der Waals surface area contributed by atoms with Crippen molar-refractivity contribution < 1.29 is 0 Å². The average Bonchev–Trinajstić information content (AvgIpc) is 2.16. The Morgan fingerprint density at radius 1 is 0.609 bits per heavy atom. The molecular weight excluding hydrogens is 293 g/mol. The Hall–Kier alpha value is 0.492. The molecule has 2 heteroatoms. The summed E-state index contributed by atoms with van der Waals surface area (Å²) in [6, 6.07) is 0.